The van der Waals surface area contributed by atoms with Crippen molar-refractivity contribution in [1.82, 2.24) is 0 Å². The summed E-state index contributed by atoms with van der Waals surface area (Å²) in [7, 11) is 0. The molecule has 0 N–H and O–H groups in total. The van der Waals surface area contributed by atoms with E-state index < -0.39 is 10.8 Å². The van der Waals surface area contributed by atoms with Crippen molar-refractivity contribution in [3.8, 4) is 0 Å². The van der Waals surface area contributed by atoms with Crippen LogP contribution in [0.2, 0.25) is 0 Å². The molecule has 3 aromatic rings. The quantitative estimate of drug-likeness (QED) is 0.336. The summed E-state index contributed by atoms with van der Waals surface area (Å²) in [6.07, 6.45) is 5.14. The van der Waals surface area contributed by atoms with Crippen molar-refractivity contribution in [3.05, 3.63) is 90.0 Å². The predicted molar refractivity (Wildman–Crippen MR) is 168 cm³/mol. The average molecular weight is 574 g/mol. The molecule has 3 aromatic carbocycles. The number of anilines is 1. The number of nitrogens with zero attached hydrogens (tertiary/aromatic N) is 2. The van der Waals surface area contributed by atoms with E-state index in [0.717, 1.165) is 29.7 Å². The van der Waals surface area contributed by atoms with Gasteiger partial charge in [0, 0.05) is 30.0 Å². The Labute approximate surface area is 247 Å². The Bertz CT molecular complexity index is 1740. The van der Waals surface area contributed by atoms with Crippen LogP contribution in [0.4, 0.5) is 20.2 Å². The fourth-order valence-electron chi connectivity index (χ4n) is 6.74. The third-order valence-corrected chi connectivity index (χ3v) is 9.37. The highest BCUT2D eigenvalue weighted by Gasteiger charge is 2.47. The van der Waals surface area contributed by atoms with Gasteiger partial charge >= 0.3 is 0 Å². The first kappa shape index (κ1) is 30.1. The molecule has 0 spiro atoms. The van der Waals surface area contributed by atoms with Crippen molar-refractivity contribution in [2.24, 2.45) is 11.8 Å². The van der Waals surface area contributed by atoms with Crippen molar-refractivity contribution in [3.63, 3.8) is 0 Å². The van der Waals surface area contributed by atoms with Crippen LogP contribution < -0.4 is 26.2 Å². The summed E-state index contributed by atoms with van der Waals surface area (Å²) >= 11 is 0. The van der Waals surface area contributed by atoms with Gasteiger partial charge in [-0.1, -0.05) is 65.8 Å². The molecule has 6 heteroatoms. The Hall–Kier alpha value is -3.41. The second kappa shape index (κ2) is 10.7. The van der Waals surface area contributed by atoms with E-state index in [1.807, 2.05) is 49.3 Å². The molecule has 0 fully saturated rings. The van der Waals surface area contributed by atoms with Gasteiger partial charge < -0.3 is 4.90 Å². The molecular formula is C36H43F2N2O2+. The largest absolute Gasteiger partial charge is 0.362 e. The van der Waals surface area contributed by atoms with Crippen molar-refractivity contribution in [2.75, 3.05) is 18.0 Å². The van der Waals surface area contributed by atoms with E-state index in [0.29, 0.717) is 36.3 Å². The Morgan fingerprint density at radius 2 is 1.45 bits per heavy atom. The van der Waals surface area contributed by atoms with Crippen LogP contribution in [0.1, 0.15) is 79.4 Å². The number of rotatable bonds is 8. The van der Waals surface area contributed by atoms with Crippen molar-refractivity contribution >= 4 is 29.2 Å². The molecule has 222 valence electrons. The molecule has 2 aliphatic heterocycles. The molecule has 0 bridgehead atoms. The van der Waals surface area contributed by atoms with Gasteiger partial charge in [-0.05, 0) is 55.9 Å². The summed E-state index contributed by atoms with van der Waals surface area (Å²) in [5.74, 6) is 0.228. The van der Waals surface area contributed by atoms with Crippen LogP contribution in [0, 0.1) is 23.5 Å². The zero-order chi connectivity index (χ0) is 30.7. The van der Waals surface area contributed by atoms with Crippen LogP contribution in [-0.2, 0) is 10.8 Å². The molecular weight excluding hydrogens is 530 g/mol. The van der Waals surface area contributed by atoms with E-state index in [-0.39, 0.29) is 39.0 Å². The minimum atomic E-state index is -0.582. The molecule has 0 aromatic heterocycles. The maximum Gasteiger partial charge on any atom is 0.245 e. The molecule has 2 heterocycles. The molecule has 42 heavy (non-hydrogen) atoms. The van der Waals surface area contributed by atoms with Crippen LogP contribution in [0.15, 0.2) is 46.0 Å². The van der Waals surface area contributed by atoms with Gasteiger partial charge in [-0.15, -0.1) is 0 Å². The fourth-order valence-corrected chi connectivity index (χ4v) is 6.74. The van der Waals surface area contributed by atoms with Gasteiger partial charge in [0.2, 0.25) is 16.5 Å². The smallest absolute Gasteiger partial charge is 0.245 e. The molecule has 0 saturated carbocycles. The Balaban J connectivity index is 1.64. The second-order valence-corrected chi connectivity index (χ2v) is 14.0. The van der Waals surface area contributed by atoms with Crippen molar-refractivity contribution in [2.45, 2.75) is 85.1 Å². The van der Waals surface area contributed by atoms with Crippen LogP contribution in [0.5, 0.6) is 0 Å². The normalized spacial score (nSPS) is 18.8. The minimum absolute atomic E-state index is 0.125. The van der Waals surface area contributed by atoms with Gasteiger partial charge in [-0.3, -0.25) is 9.59 Å². The first-order chi connectivity index (χ1) is 19.7. The monoisotopic (exact) mass is 573 g/mol. The molecule has 1 atom stereocenters. The summed E-state index contributed by atoms with van der Waals surface area (Å²) in [6, 6.07) is 9.89. The van der Waals surface area contributed by atoms with E-state index in [2.05, 4.69) is 27.7 Å². The van der Waals surface area contributed by atoms with Gasteiger partial charge in [-0.25, -0.2) is 4.39 Å². The lowest BCUT2D eigenvalue weighted by molar-refractivity contribution is -0.440. The van der Waals surface area contributed by atoms with E-state index in [9.17, 15) is 9.59 Å². The minimum Gasteiger partial charge on any atom is -0.362 e. The van der Waals surface area contributed by atoms with Crippen LogP contribution in [0.3, 0.4) is 0 Å². The van der Waals surface area contributed by atoms with Gasteiger partial charge in [0.1, 0.15) is 12.4 Å². The predicted octanol–water partition coefficient (Wildman–Crippen LogP) is 5.46. The maximum atomic E-state index is 15.2. The molecule has 0 radical (unpaired) electrons. The van der Waals surface area contributed by atoms with Gasteiger partial charge in [0.15, 0.2) is 11.5 Å². The maximum absolute atomic E-state index is 15.2. The standard InChI is InChI=1S/C36H43F2N2O2/c1-21(2)15-17-39-29(35(5,6)25-11-9-13-27(37)31(25)39)19-23-33(41)24(34(23)42)20-30-36(7,8)26-12-10-14-28(38)32(26)40(30)18-16-22(3)4/h9-14,19-22,29H,15-18H2,1-8H3/q+1. The van der Waals surface area contributed by atoms with Crippen molar-refractivity contribution in [1.29, 1.82) is 0 Å². The van der Waals surface area contributed by atoms with E-state index in [1.54, 1.807) is 24.3 Å². The van der Waals surface area contributed by atoms with Gasteiger partial charge in [0.25, 0.3) is 0 Å². The van der Waals surface area contributed by atoms with Crippen LogP contribution in [0.25, 0.3) is 12.2 Å². The van der Waals surface area contributed by atoms with E-state index in [4.69, 9.17) is 0 Å². The van der Waals surface area contributed by atoms with E-state index in [1.165, 1.54) is 12.1 Å². The van der Waals surface area contributed by atoms with Crippen LogP contribution in [-0.4, -0.2) is 29.4 Å². The SMILES string of the molecule is CC(C)CCN1c2c(F)cccc2C(C)(C)C1C=c1c(=O)c(=CC2=[N+](CCC(C)C)c3c(F)cccc3C2(C)C)c1=O. The second-order valence-electron chi connectivity index (χ2n) is 14.0. The zero-order valence-electron chi connectivity index (χ0n) is 26.1. The molecule has 0 amide bonds. The highest BCUT2D eigenvalue weighted by Crippen LogP contribution is 2.47. The first-order valence-electron chi connectivity index (χ1n) is 15.2. The van der Waals surface area contributed by atoms with Crippen LogP contribution >= 0.6 is 0 Å². The Kier molecular flexibility index (Phi) is 7.66. The molecule has 4 nitrogen and oxygen atoms in total. The lowest BCUT2D eigenvalue weighted by Gasteiger charge is -2.33. The zero-order valence-corrected chi connectivity index (χ0v) is 26.1. The topological polar surface area (TPSA) is 40.4 Å². The highest BCUT2D eigenvalue weighted by atomic mass is 19.1. The Morgan fingerprint density at radius 3 is 2.07 bits per heavy atom. The summed E-state index contributed by atoms with van der Waals surface area (Å²) in [5.41, 5.74) is 1.88. The number of halogens is 2. The third-order valence-electron chi connectivity index (χ3n) is 9.37. The number of benzene rings is 2. The number of hydrogen-bond acceptors (Lipinski definition) is 3. The lowest BCUT2D eigenvalue weighted by atomic mass is 9.79. The fraction of sp³-hybridized carbons (Fsp3) is 0.472. The first-order valence-corrected chi connectivity index (χ1v) is 15.2. The van der Waals surface area contributed by atoms with Gasteiger partial charge in [0.05, 0.1) is 27.6 Å². The van der Waals surface area contributed by atoms with Gasteiger partial charge in [-0.2, -0.15) is 8.97 Å². The lowest BCUT2D eigenvalue weighted by Crippen LogP contribution is -2.66. The summed E-state index contributed by atoms with van der Waals surface area (Å²) in [6.45, 7) is 17.8. The molecule has 0 aliphatic carbocycles. The summed E-state index contributed by atoms with van der Waals surface area (Å²) in [4.78, 5) is 29.3. The molecule has 1 unspecified atom stereocenters. The third kappa shape index (κ3) is 4.77. The number of para-hydroxylation sites is 2. The van der Waals surface area contributed by atoms with E-state index >= 15 is 8.78 Å². The molecule has 2 aliphatic rings. The van der Waals surface area contributed by atoms with Crippen molar-refractivity contribution < 1.29 is 13.4 Å². The average Bonchev–Trinajstić information content (AvgIpc) is 3.27. The summed E-state index contributed by atoms with van der Waals surface area (Å²) < 4.78 is 32.3. The number of hydrogen-bond donors (Lipinski definition) is 0. The number of fused-ring (bicyclic) bond motifs is 2. The molecule has 0 saturated heterocycles. The molecule has 5 rings (SSSR count). The summed E-state index contributed by atoms with van der Waals surface area (Å²) in [5, 5.41) is 0.274. The highest BCUT2D eigenvalue weighted by molar-refractivity contribution is 6.15. The Morgan fingerprint density at radius 1 is 0.857 bits per heavy atom.